The number of amides is 3. The zero-order valence-electron chi connectivity index (χ0n) is 18.5. The van der Waals surface area contributed by atoms with Crippen molar-refractivity contribution in [1.82, 2.24) is 4.90 Å². The third kappa shape index (κ3) is 3.86. The van der Waals surface area contributed by atoms with Gasteiger partial charge in [-0.1, -0.05) is 19.9 Å². The Bertz CT molecular complexity index is 892. The first-order valence-electron chi connectivity index (χ1n) is 11.1. The van der Waals surface area contributed by atoms with Crippen molar-refractivity contribution in [2.45, 2.75) is 53.0 Å². The Kier molecular flexibility index (Phi) is 5.62. The molecule has 3 fully saturated rings. The summed E-state index contributed by atoms with van der Waals surface area (Å²) in [4.78, 5) is 52.5. The number of ether oxygens (including phenoxy) is 1. The Labute approximate surface area is 182 Å². The molecular weight excluding hydrogens is 396 g/mol. The Morgan fingerprint density at radius 1 is 1.03 bits per heavy atom. The highest BCUT2D eigenvalue weighted by atomic mass is 16.5. The molecule has 3 amide bonds. The number of likely N-dealkylation sites (tertiary alicyclic amines) is 1. The first-order valence-corrected chi connectivity index (χ1v) is 11.1. The summed E-state index contributed by atoms with van der Waals surface area (Å²) < 4.78 is 5.26. The zero-order chi connectivity index (χ0) is 22.4. The van der Waals surface area contributed by atoms with Crippen molar-refractivity contribution < 1.29 is 23.9 Å². The molecule has 3 aliphatic rings. The molecule has 1 aromatic carbocycles. The van der Waals surface area contributed by atoms with E-state index in [0.717, 1.165) is 35.3 Å². The molecule has 4 rings (SSSR count). The topological polar surface area (TPSA) is 92.8 Å². The highest BCUT2D eigenvalue weighted by molar-refractivity contribution is 6.08. The molecule has 5 atom stereocenters. The van der Waals surface area contributed by atoms with Crippen LogP contribution < -0.4 is 5.32 Å². The third-order valence-electron chi connectivity index (χ3n) is 6.96. The fourth-order valence-corrected chi connectivity index (χ4v) is 5.85. The molecule has 1 aliphatic heterocycles. The SMILES string of the molecule is Cc1cc(C)cc(NC(=O)COC(=O)[C@@H](C(C)C)N2C(=O)[C@@H]3[C@@H]4CC[C@@H](C4)[C@@H]3C2=O)c1. The van der Waals surface area contributed by atoms with Gasteiger partial charge in [0.15, 0.2) is 6.61 Å². The summed E-state index contributed by atoms with van der Waals surface area (Å²) in [6.45, 7) is 6.96. The first-order chi connectivity index (χ1) is 14.7. The van der Waals surface area contributed by atoms with E-state index in [2.05, 4.69) is 5.32 Å². The van der Waals surface area contributed by atoms with E-state index in [1.807, 2.05) is 32.0 Å². The third-order valence-corrected chi connectivity index (χ3v) is 6.96. The van der Waals surface area contributed by atoms with E-state index in [4.69, 9.17) is 4.74 Å². The number of carbonyl (C=O) groups excluding carboxylic acids is 4. The summed E-state index contributed by atoms with van der Waals surface area (Å²) in [7, 11) is 0. The normalized spacial score (nSPS) is 27.6. The summed E-state index contributed by atoms with van der Waals surface area (Å²) in [5, 5.41) is 2.72. The predicted molar refractivity (Wildman–Crippen MR) is 114 cm³/mol. The Morgan fingerprint density at radius 3 is 2.10 bits per heavy atom. The van der Waals surface area contributed by atoms with Crippen molar-refractivity contribution in [2.75, 3.05) is 11.9 Å². The smallest absolute Gasteiger partial charge is 0.330 e. The lowest BCUT2D eigenvalue weighted by Crippen LogP contribution is -2.50. The molecule has 1 N–H and O–H groups in total. The summed E-state index contributed by atoms with van der Waals surface area (Å²) in [5.74, 6) is -2.02. The van der Waals surface area contributed by atoms with Crippen LogP contribution in [0.15, 0.2) is 18.2 Å². The Hall–Kier alpha value is -2.70. The second kappa shape index (κ2) is 8.09. The van der Waals surface area contributed by atoms with E-state index in [-0.39, 0.29) is 41.4 Å². The first kappa shape index (κ1) is 21.5. The maximum absolute atomic E-state index is 13.1. The summed E-state index contributed by atoms with van der Waals surface area (Å²) in [6.07, 6.45) is 2.90. The molecule has 7 heteroatoms. The largest absolute Gasteiger partial charge is 0.454 e. The maximum Gasteiger partial charge on any atom is 0.330 e. The fraction of sp³-hybridized carbons (Fsp3) is 0.583. The van der Waals surface area contributed by atoms with Crippen LogP contribution >= 0.6 is 0 Å². The van der Waals surface area contributed by atoms with Gasteiger partial charge < -0.3 is 10.1 Å². The number of fused-ring (bicyclic) bond motifs is 5. The van der Waals surface area contributed by atoms with Crippen LogP contribution in [0.1, 0.15) is 44.2 Å². The number of carbonyl (C=O) groups is 4. The van der Waals surface area contributed by atoms with Crippen LogP contribution in [0, 0.1) is 43.4 Å². The van der Waals surface area contributed by atoms with Crippen LogP contribution in [0.5, 0.6) is 0 Å². The van der Waals surface area contributed by atoms with Gasteiger partial charge in [-0.3, -0.25) is 19.3 Å². The van der Waals surface area contributed by atoms with Gasteiger partial charge >= 0.3 is 5.97 Å². The molecule has 0 unspecified atom stereocenters. The van der Waals surface area contributed by atoms with E-state index < -0.39 is 24.5 Å². The lowest BCUT2D eigenvalue weighted by atomic mass is 9.81. The van der Waals surface area contributed by atoms with Crippen LogP contribution in [0.3, 0.4) is 0 Å². The number of aryl methyl sites for hydroxylation is 2. The van der Waals surface area contributed by atoms with E-state index in [0.29, 0.717) is 5.69 Å². The number of hydrogen-bond donors (Lipinski definition) is 1. The van der Waals surface area contributed by atoms with Crippen molar-refractivity contribution >= 4 is 29.4 Å². The number of imide groups is 1. The van der Waals surface area contributed by atoms with Gasteiger partial charge in [0.05, 0.1) is 11.8 Å². The zero-order valence-corrected chi connectivity index (χ0v) is 18.5. The number of benzene rings is 1. The van der Waals surface area contributed by atoms with Gasteiger partial charge in [0.1, 0.15) is 6.04 Å². The van der Waals surface area contributed by atoms with Gasteiger partial charge in [-0.25, -0.2) is 4.79 Å². The highest BCUT2D eigenvalue weighted by Crippen LogP contribution is 2.56. The van der Waals surface area contributed by atoms with Crippen LogP contribution in [0.4, 0.5) is 5.69 Å². The highest BCUT2D eigenvalue weighted by Gasteiger charge is 2.62. The molecule has 31 heavy (non-hydrogen) atoms. The van der Waals surface area contributed by atoms with Crippen molar-refractivity contribution in [3.63, 3.8) is 0 Å². The molecule has 2 aliphatic carbocycles. The number of nitrogens with one attached hydrogen (secondary N) is 1. The molecule has 1 aromatic rings. The second-order valence-corrected chi connectivity index (χ2v) is 9.65. The average Bonchev–Trinajstić information content (AvgIpc) is 3.35. The van der Waals surface area contributed by atoms with Crippen LogP contribution in [-0.4, -0.2) is 41.2 Å². The molecule has 166 valence electrons. The van der Waals surface area contributed by atoms with Crippen LogP contribution in [0.2, 0.25) is 0 Å². The molecule has 1 saturated heterocycles. The van der Waals surface area contributed by atoms with Crippen molar-refractivity contribution in [2.24, 2.45) is 29.6 Å². The minimum atomic E-state index is -1.00. The Morgan fingerprint density at radius 2 is 1.58 bits per heavy atom. The number of esters is 1. The molecule has 7 nitrogen and oxygen atoms in total. The van der Waals surface area contributed by atoms with Crippen LogP contribution in [0.25, 0.3) is 0 Å². The predicted octanol–water partition coefficient (Wildman–Crippen LogP) is 2.84. The molecule has 2 saturated carbocycles. The van der Waals surface area contributed by atoms with E-state index in [1.165, 1.54) is 0 Å². The monoisotopic (exact) mass is 426 g/mol. The van der Waals surface area contributed by atoms with Crippen molar-refractivity contribution in [3.05, 3.63) is 29.3 Å². The van der Waals surface area contributed by atoms with Gasteiger partial charge in [-0.2, -0.15) is 0 Å². The second-order valence-electron chi connectivity index (χ2n) is 9.65. The van der Waals surface area contributed by atoms with Crippen molar-refractivity contribution in [3.8, 4) is 0 Å². The summed E-state index contributed by atoms with van der Waals surface area (Å²) >= 11 is 0. The minimum Gasteiger partial charge on any atom is -0.454 e. The van der Waals surface area contributed by atoms with Crippen molar-refractivity contribution in [1.29, 1.82) is 0 Å². The number of nitrogens with zero attached hydrogens (tertiary/aromatic N) is 1. The van der Waals surface area contributed by atoms with E-state index >= 15 is 0 Å². The molecule has 2 bridgehead atoms. The summed E-state index contributed by atoms with van der Waals surface area (Å²) in [6, 6.07) is 4.66. The molecular formula is C24H30N2O5. The van der Waals surface area contributed by atoms with Gasteiger partial charge in [0.2, 0.25) is 11.8 Å². The summed E-state index contributed by atoms with van der Waals surface area (Å²) in [5.41, 5.74) is 2.66. The molecule has 0 aromatic heterocycles. The average molecular weight is 427 g/mol. The molecule has 1 heterocycles. The van der Waals surface area contributed by atoms with Gasteiger partial charge in [-0.15, -0.1) is 0 Å². The van der Waals surface area contributed by atoms with E-state index in [9.17, 15) is 19.2 Å². The Balaban J connectivity index is 1.42. The standard InChI is InChI=1S/C24H30N2O5/c1-12(2)21(26-22(28)19-15-5-6-16(10-15)20(19)23(26)29)24(30)31-11-18(27)25-17-8-13(3)7-14(4)9-17/h7-9,12,15-16,19-21H,5-6,10-11H2,1-4H3,(H,25,27)/t15-,16+,19-,20+,21-/m1/s1. The number of hydrogen-bond acceptors (Lipinski definition) is 5. The number of rotatable bonds is 6. The number of anilines is 1. The lowest BCUT2D eigenvalue weighted by molar-refractivity contribution is -0.162. The fourth-order valence-electron chi connectivity index (χ4n) is 5.85. The van der Waals surface area contributed by atoms with E-state index in [1.54, 1.807) is 13.8 Å². The quantitative estimate of drug-likeness (QED) is 0.558. The molecule has 0 radical (unpaired) electrons. The maximum atomic E-state index is 13.1. The van der Waals surface area contributed by atoms with Crippen LogP contribution in [-0.2, 0) is 23.9 Å². The molecule has 0 spiro atoms. The van der Waals surface area contributed by atoms with Gasteiger partial charge in [0, 0.05) is 5.69 Å². The van der Waals surface area contributed by atoms with Gasteiger partial charge in [-0.05, 0) is 74.1 Å². The minimum absolute atomic E-state index is 0.238. The lowest BCUT2D eigenvalue weighted by Gasteiger charge is -2.28. The van der Waals surface area contributed by atoms with Gasteiger partial charge in [0.25, 0.3) is 5.91 Å².